The second-order valence-electron chi connectivity index (χ2n) is 9.64. The van der Waals surface area contributed by atoms with Gasteiger partial charge in [0, 0.05) is 23.4 Å². The molecule has 7 heteroatoms. The van der Waals surface area contributed by atoms with Crippen LogP contribution in [-0.2, 0) is 16.0 Å². The molecule has 2 aromatic rings. The van der Waals surface area contributed by atoms with Gasteiger partial charge in [-0.25, -0.2) is 0 Å². The molecule has 1 atom stereocenters. The van der Waals surface area contributed by atoms with Gasteiger partial charge in [0.05, 0.1) is 27.0 Å². The third kappa shape index (κ3) is 5.24. The fourth-order valence-electron chi connectivity index (χ4n) is 4.86. The molecule has 1 N–H and O–H groups in total. The summed E-state index contributed by atoms with van der Waals surface area (Å²) in [4.78, 5) is 28.4. The van der Waals surface area contributed by atoms with Crippen LogP contribution in [0.5, 0.6) is 17.2 Å². The van der Waals surface area contributed by atoms with Crippen molar-refractivity contribution in [3.63, 3.8) is 0 Å². The zero-order chi connectivity index (χ0) is 25.9. The van der Waals surface area contributed by atoms with Crippen LogP contribution in [0.1, 0.15) is 76.0 Å². The van der Waals surface area contributed by atoms with Crippen LogP contribution in [0.25, 0.3) is 0 Å². The van der Waals surface area contributed by atoms with Crippen molar-refractivity contribution in [3.05, 3.63) is 41.0 Å². The number of nitrogens with one attached hydrogen (secondary N) is 1. The van der Waals surface area contributed by atoms with E-state index in [-0.39, 0.29) is 36.1 Å². The molecule has 190 valence electrons. The van der Waals surface area contributed by atoms with Crippen LogP contribution < -0.4 is 24.4 Å². The van der Waals surface area contributed by atoms with Gasteiger partial charge in [-0.3, -0.25) is 9.59 Å². The van der Waals surface area contributed by atoms with Crippen LogP contribution in [0.15, 0.2) is 24.3 Å². The molecular weight excluding hydrogens is 444 g/mol. The molecule has 0 fully saturated rings. The number of fused-ring (bicyclic) bond motifs is 1. The van der Waals surface area contributed by atoms with Crippen molar-refractivity contribution < 1.29 is 23.8 Å². The molecular formula is C28H38N2O5. The number of rotatable bonds is 8. The number of carbonyl (C=O) groups is 2. The Hall–Kier alpha value is -3.22. The molecule has 0 saturated carbocycles. The number of nitrogens with zero attached hydrogens (tertiary/aromatic N) is 1. The van der Waals surface area contributed by atoms with Crippen molar-refractivity contribution in [3.8, 4) is 17.2 Å². The predicted molar refractivity (Wildman–Crippen MR) is 139 cm³/mol. The van der Waals surface area contributed by atoms with E-state index in [9.17, 15) is 9.59 Å². The van der Waals surface area contributed by atoms with Crippen LogP contribution in [-0.4, -0.2) is 39.2 Å². The Morgan fingerprint density at radius 3 is 2.11 bits per heavy atom. The molecule has 7 nitrogen and oxygen atoms in total. The van der Waals surface area contributed by atoms with Crippen LogP contribution in [0, 0.1) is 0 Å². The van der Waals surface area contributed by atoms with E-state index in [0.717, 1.165) is 35.2 Å². The number of benzene rings is 2. The Morgan fingerprint density at radius 1 is 1.00 bits per heavy atom. The second-order valence-corrected chi connectivity index (χ2v) is 9.64. The molecule has 2 amide bonds. The Kier molecular flexibility index (Phi) is 8.30. The van der Waals surface area contributed by atoms with Crippen molar-refractivity contribution in [2.24, 2.45) is 0 Å². The van der Waals surface area contributed by atoms with E-state index in [2.05, 4.69) is 33.0 Å². The Labute approximate surface area is 208 Å². The fourth-order valence-corrected chi connectivity index (χ4v) is 4.86. The summed E-state index contributed by atoms with van der Waals surface area (Å²) in [5.74, 6) is 1.43. The minimum absolute atomic E-state index is 0.0696. The maximum absolute atomic E-state index is 13.5. The largest absolute Gasteiger partial charge is 0.493 e. The third-order valence-corrected chi connectivity index (χ3v) is 6.64. The highest BCUT2D eigenvalue weighted by Gasteiger charge is 2.34. The van der Waals surface area contributed by atoms with Gasteiger partial charge in [0.25, 0.3) is 0 Å². The first kappa shape index (κ1) is 26.4. The molecule has 1 unspecified atom stereocenters. The topological polar surface area (TPSA) is 77.1 Å². The zero-order valence-corrected chi connectivity index (χ0v) is 22.2. The minimum Gasteiger partial charge on any atom is -0.493 e. The highest BCUT2D eigenvalue weighted by atomic mass is 16.5. The van der Waals surface area contributed by atoms with Gasteiger partial charge < -0.3 is 24.4 Å². The molecule has 0 saturated heterocycles. The maximum atomic E-state index is 13.5. The van der Waals surface area contributed by atoms with Gasteiger partial charge in [-0.05, 0) is 42.7 Å². The third-order valence-electron chi connectivity index (χ3n) is 6.64. The van der Waals surface area contributed by atoms with Crippen molar-refractivity contribution in [1.29, 1.82) is 0 Å². The maximum Gasteiger partial charge on any atom is 0.236 e. The fraction of sp³-hybridized carbons (Fsp3) is 0.500. The number of anilines is 2. The van der Waals surface area contributed by atoms with Gasteiger partial charge in [-0.2, -0.15) is 0 Å². The van der Waals surface area contributed by atoms with E-state index < -0.39 is 0 Å². The van der Waals surface area contributed by atoms with E-state index in [4.69, 9.17) is 14.2 Å². The first-order chi connectivity index (χ1) is 16.6. The number of methoxy groups -OCH3 is 3. The van der Waals surface area contributed by atoms with Crippen molar-refractivity contribution >= 4 is 23.2 Å². The molecule has 0 aromatic heterocycles. The molecule has 2 aromatic carbocycles. The summed E-state index contributed by atoms with van der Waals surface area (Å²) in [6.45, 7) is 10.4. The van der Waals surface area contributed by atoms with Crippen LogP contribution >= 0.6 is 0 Å². The van der Waals surface area contributed by atoms with Gasteiger partial charge in [0.15, 0.2) is 11.5 Å². The monoisotopic (exact) mass is 482 g/mol. The minimum atomic E-state index is -0.322. The molecule has 0 bridgehead atoms. The first-order valence-electron chi connectivity index (χ1n) is 12.2. The van der Waals surface area contributed by atoms with Crippen LogP contribution in [0.4, 0.5) is 11.4 Å². The molecule has 1 aliphatic rings. The molecule has 1 aliphatic heterocycles. The number of hydrogen-bond acceptors (Lipinski definition) is 5. The van der Waals surface area contributed by atoms with E-state index in [1.54, 1.807) is 32.3 Å². The average molecular weight is 483 g/mol. The Morgan fingerprint density at radius 2 is 1.60 bits per heavy atom. The highest BCUT2D eigenvalue weighted by molar-refractivity contribution is 6.10. The molecule has 0 aliphatic carbocycles. The molecule has 1 heterocycles. The Bertz CT molecular complexity index is 1070. The SMILES string of the molecule is COc1cc2c(c(OC)c1OC)CCC(C)N2C(=O)CC(=O)Nc1c(C(C)C)cccc1C(C)C. The lowest BCUT2D eigenvalue weighted by Gasteiger charge is -2.36. The van der Waals surface area contributed by atoms with E-state index >= 15 is 0 Å². The van der Waals surface area contributed by atoms with E-state index in [1.165, 1.54) is 0 Å². The summed E-state index contributed by atoms with van der Waals surface area (Å²) in [7, 11) is 4.69. The van der Waals surface area contributed by atoms with Crippen LogP contribution in [0.2, 0.25) is 0 Å². The number of ether oxygens (including phenoxy) is 3. The quantitative estimate of drug-likeness (QED) is 0.492. The molecule has 0 radical (unpaired) electrons. The van der Waals surface area contributed by atoms with Crippen molar-refractivity contribution in [2.75, 3.05) is 31.5 Å². The van der Waals surface area contributed by atoms with Crippen molar-refractivity contribution in [1.82, 2.24) is 0 Å². The van der Waals surface area contributed by atoms with Gasteiger partial charge in [0.1, 0.15) is 6.42 Å². The van der Waals surface area contributed by atoms with Gasteiger partial charge in [0.2, 0.25) is 17.6 Å². The smallest absolute Gasteiger partial charge is 0.236 e. The summed E-state index contributed by atoms with van der Waals surface area (Å²) in [5.41, 5.74) is 4.52. The number of amides is 2. The zero-order valence-electron chi connectivity index (χ0n) is 22.2. The van der Waals surface area contributed by atoms with Gasteiger partial charge in [-0.1, -0.05) is 45.9 Å². The van der Waals surface area contributed by atoms with E-state index in [0.29, 0.717) is 22.9 Å². The van der Waals surface area contributed by atoms with Crippen molar-refractivity contribution in [2.45, 2.75) is 71.8 Å². The summed E-state index contributed by atoms with van der Waals surface area (Å²) < 4.78 is 16.7. The number of hydrogen-bond donors (Lipinski definition) is 1. The molecule has 3 rings (SSSR count). The number of carbonyl (C=O) groups excluding carboxylic acids is 2. The lowest BCUT2D eigenvalue weighted by atomic mass is 9.92. The van der Waals surface area contributed by atoms with E-state index in [1.807, 2.05) is 25.1 Å². The average Bonchev–Trinajstić information content (AvgIpc) is 2.81. The van der Waals surface area contributed by atoms with Gasteiger partial charge >= 0.3 is 0 Å². The van der Waals surface area contributed by atoms with Gasteiger partial charge in [-0.15, -0.1) is 0 Å². The predicted octanol–water partition coefficient (Wildman–Crippen LogP) is 5.66. The lowest BCUT2D eigenvalue weighted by Crippen LogP contribution is -2.43. The summed E-state index contributed by atoms with van der Waals surface area (Å²) in [5, 5.41) is 3.06. The lowest BCUT2D eigenvalue weighted by molar-refractivity contribution is -0.125. The summed E-state index contributed by atoms with van der Waals surface area (Å²) >= 11 is 0. The summed E-state index contributed by atoms with van der Waals surface area (Å²) in [6.07, 6.45) is 1.22. The Balaban J connectivity index is 1.93. The second kappa shape index (κ2) is 11.0. The standard InChI is InChI=1S/C28H38N2O5/c1-16(2)19-10-9-11-20(17(3)4)26(19)29-24(31)15-25(32)30-18(5)12-13-21-22(30)14-23(33-6)28(35-8)27(21)34-7/h9-11,14,16-18H,12-13,15H2,1-8H3,(H,29,31). The number of para-hydroxylation sites is 1. The normalized spacial score (nSPS) is 15.1. The van der Waals surface area contributed by atoms with Crippen LogP contribution in [0.3, 0.4) is 0 Å². The molecule has 35 heavy (non-hydrogen) atoms. The molecule has 0 spiro atoms. The highest BCUT2D eigenvalue weighted by Crippen LogP contribution is 2.48. The summed E-state index contributed by atoms with van der Waals surface area (Å²) in [6, 6.07) is 7.81. The first-order valence-corrected chi connectivity index (χ1v) is 12.2.